The summed E-state index contributed by atoms with van der Waals surface area (Å²) in [5, 5.41) is 17.5. The molecule has 0 fully saturated rings. The Balaban J connectivity index is 0.000000243. The molecule has 5 nitrogen and oxygen atoms in total. The molecule has 0 aliphatic rings. The van der Waals surface area contributed by atoms with E-state index in [2.05, 4.69) is 0 Å². The number of benzene rings is 2. The maximum atomic E-state index is 10.4. The molecule has 1 atom stereocenters. The Labute approximate surface area is 141 Å². The van der Waals surface area contributed by atoms with Crippen molar-refractivity contribution in [1.82, 2.24) is 0 Å². The average Bonchev–Trinajstić information content (AvgIpc) is 2.58. The number of allylic oxidation sites excluding steroid dienone is 1. The van der Waals surface area contributed by atoms with Gasteiger partial charge in [-0.3, -0.25) is 9.59 Å². The summed E-state index contributed by atoms with van der Waals surface area (Å²) in [6.45, 7) is 1.97. The Morgan fingerprint density at radius 3 is 2.08 bits per heavy atom. The number of aromatic hydroxyl groups is 1. The van der Waals surface area contributed by atoms with Gasteiger partial charge in [-0.15, -0.1) is 0 Å². The summed E-state index contributed by atoms with van der Waals surface area (Å²) in [6, 6.07) is 12.9. The first kappa shape index (κ1) is 19.1. The Hall–Kier alpha value is -2.92. The molecule has 0 spiro atoms. The predicted octanol–water partition coefficient (Wildman–Crippen LogP) is 2.88. The third kappa shape index (κ3) is 6.89. The summed E-state index contributed by atoms with van der Waals surface area (Å²) in [7, 11) is 0. The molecule has 0 aliphatic carbocycles. The van der Waals surface area contributed by atoms with Gasteiger partial charge < -0.3 is 15.9 Å². The maximum Gasteiger partial charge on any atom is 0.320 e. The summed E-state index contributed by atoms with van der Waals surface area (Å²) in [5.41, 5.74) is 7.97. The number of carbonyl (C=O) groups excluding carboxylic acids is 1. The van der Waals surface area contributed by atoms with E-state index >= 15 is 0 Å². The van der Waals surface area contributed by atoms with Crippen molar-refractivity contribution in [3.63, 3.8) is 0 Å². The van der Waals surface area contributed by atoms with Crippen LogP contribution in [0.2, 0.25) is 0 Å². The van der Waals surface area contributed by atoms with E-state index in [0.29, 0.717) is 0 Å². The summed E-state index contributed by atoms with van der Waals surface area (Å²) in [5.74, 6) is -0.860. The lowest BCUT2D eigenvalue weighted by molar-refractivity contribution is -0.138. The molecule has 24 heavy (non-hydrogen) atoms. The molecular weight excluding hydrogens is 306 g/mol. The second-order valence-corrected chi connectivity index (χ2v) is 5.10. The summed E-state index contributed by atoms with van der Waals surface area (Å²) < 4.78 is 0. The molecule has 126 valence electrons. The number of carbonyl (C=O) groups is 2. The Morgan fingerprint density at radius 1 is 1.08 bits per heavy atom. The number of phenolic OH excluding ortho intramolecular Hbond substituents is 1. The molecule has 2 aromatic carbocycles. The molecule has 0 aromatic heterocycles. The quantitative estimate of drug-likeness (QED) is 0.733. The van der Waals surface area contributed by atoms with Crippen molar-refractivity contribution in [3.8, 4) is 5.75 Å². The first-order valence-electron chi connectivity index (χ1n) is 7.40. The number of hydrogen-bond donors (Lipinski definition) is 3. The van der Waals surface area contributed by atoms with Crippen LogP contribution in [0, 0.1) is 0 Å². The van der Waals surface area contributed by atoms with Gasteiger partial charge in [-0.2, -0.15) is 0 Å². The van der Waals surface area contributed by atoms with Crippen molar-refractivity contribution in [1.29, 1.82) is 0 Å². The number of rotatable bonds is 5. The van der Waals surface area contributed by atoms with Crippen LogP contribution in [0.25, 0.3) is 6.08 Å². The minimum absolute atomic E-state index is 0.160. The SMILES string of the molecule is C/C=C/c1ccc(C=O)cc1.N[C@@H](Cc1ccc(O)cc1)C(=O)O. The van der Waals surface area contributed by atoms with Crippen LogP contribution in [0.5, 0.6) is 5.75 Å². The summed E-state index contributed by atoms with van der Waals surface area (Å²) >= 11 is 0. The number of carboxylic acid groups (broad SMARTS) is 1. The van der Waals surface area contributed by atoms with E-state index < -0.39 is 12.0 Å². The van der Waals surface area contributed by atoms with Crippen LogP contribution in [0.3, 0.4) is 0 Å². The minimum atomic E-state index is -1.02. The molecular formula is C19H21NO4. The highest BCUT2D eigenvalue weighted by molar-refractivity contribution is 5.75. The molecule has 0 aliphatic heterocycles. The molecule has 0 radical (unpaired) electrons. The highest BCUT2D eigenvalue weighted by Crippen LogP contribution is 2.10. The molecule has 2 rings (SSSR count). The molecule has 4 N–H and O–H groups in total. The molecule has 0 heterocycles. The Kier molecular flexibility index (Phi) is 7.94. The van der Waals surface area contributed by atoms with Gasteiger partial charge in [-0.25, -0.2) is 0 Å². The zero-order valence-corrected chi connectivity index (χ0v) is 13.4. The summed E-state index contributed by atoms with van der Waals surface area (Å²) in [4.78, 5) is 20.7. The van der Waals surface area contributed by atoms with Gasteiger partial charge in [-0.1, -0.05) is 48.6 Å². The lowest BCUT2D eigenvalue weighted by Gasteiger charge is -2.05. The zero-order chi connectivity index (χ0) is 17.9. The fourth-order valence-corrected chi connectivity index (χ4v) is 1.85. The van der Waals surface area contributed by atoms with Gasteiger partial charge in [0.05, 0.1) is 0 Å². The van der Waals surface area contributed by atoms with Crippen LogP contribution >= 0.6 is 0 Å². The van der Waals surface area contributed by atoms with Crippen molar-refractivity contribution < 1.29 is 19.8 Å². The van der Waals surface area contributed by atoms with Crippen LogP contribution in [-0.2, 0) is 11.2 Å². The van der Waals surface area contributed by atoms with Crippen LogP contribution in [0.1, 0.15) is 28.4 Å². The number of carboxylic acids is 1. The molecule has 0 saturated heterocycles. The highest BCUT2D eigenvalue weighted by atomic mass is 16.4. The van der Waals surface area contributed by atoms with Gasteiger partial charge in [-0.05, 0) is 36.6 Å². The van der Waals surface area contributed by atoms with Gasteiger partial charge in [0.2, 0.25) is 0 Å². The second-order valence-electron chi connectivity index (χ2n) is 5.10. The lowest BCUT2D eigenvalue weighted by atomic mass is 10.1. The zero-order valence-electron chi connectivity index (χ0n) is 13.4. The number of aliphatic carboxylic acids is 1. The Bertz CT molecular complexity index is 676. The van der Waals surface area contributed by atoms with E-state index in [1.165, 1.54) is 12.1 Å². The molecule has 0 bridgehead atoms. The standard InChI is InChI=1S/C10H10O.C9H11NO3/c1-2-3-9-4-6-10(8-11)7-5-9;10-8(9(12)13)5-6-1-3-7(11)4-2-6/h2-8H,1H3;1-4,8,11H,5,10H2,(H,12,13)/b3-2+;/t;8-/m.0/s1. The largest absolute Gasteiger partial charge is 0.508 e. The number of nitrogens with two attached hydrogens (primary N) is 1. The first-order valence-corrected chi connectivity index (χ1v) is 7.40. The van der Waals surface area contributed by atoms with Crippen molar-refractivity contribution in [2.75, 3.05) is 0 Å². The number of hydrogen-bond acceptors (Lipinski definition) is 4. The first-order chi connectivity index (χ1) is 11.5. The molecule has 0 unspecified atom stereocenters. The maximum absolute atomic E-state index is 10.4. The van der Waals surface area contributed by atoms with Gasteiger partial charge in [0, 0.05) is 5.56 Å². The van der Waals surface area contributed by atoms with Crippen molar-refractivity contribution >= 4 is 18.3 Å². The van der Waals surface area contributed by atoms with Gasteiger partial charge in [0.15, 0.2) is 0 Å². The van der Waals surface area contributed by atoms with Gasteiger partial charge in [0.1, 0.15) is 18.1 Å². The van der Waals surface area contributed by atoms with E-state index in [0.717, 1.165) is 23.0 Å². The highest BCUT2D eigenvalue weighted by Gasteiger charge is 2.11. The molecule has 5 heteroatoms. The van der Waals surface area contributed by atoms with E-state index in [-0.39, 0.29) is 12.2 Å². The van der Waals surface area contributed by atoms with Crippen molar-refractivity contribution in [2.24, 2.45) is 5.73 Å². The molecule has 0 amide bonds. The van der Waals surface area contributed by atoms with Crippen LogP contribution in [-0.4, -0.2) is 28.5 Å². The molecule has 0 saturated carbocycles. The van der Waals surface area contributed by atoms with Crippen LogP contribution in [0.15, 0.2) is 54.6 Å². The third-order valence-corrected chi connectivity index (χ3v) is 3.14. The second kappa shape index (κ2) is 9.97. The van der Waals surface area contributed by atoms with Gasteiger partial charge >= 0.3 is 5.97 Å². The van der Waals surface area contributed by atoms with Crippen molar-refractivity contribution in [3.05, 3.63) is 71.3 Å². The van der Waals surface area contributed by atoms with E-state index in [9.17, 15) is 9.59 Å². The number of phenols is 1. The minimum Gasteiger partial charge on any atom is -0.508 e. The smallest absolute Gasteiger partial charge is 0.320 e. The fraction of sp³-hybridized carbons (Fsp3) is 0.158. The number of aldehydes is 1. The summed E-state index contributed by atoms with van der Waals surface area (Å²) in [6.07, 6.45) is 5.08. The van der Waals surface area contributed by atoms with Crippen molar-refractivity contribution in [2.45, 2.75) is 19.4 Å². The molecule has 2 aromatic rings. The normalized spacial score (nSPS) is 11.4. The van der Waals surface area contributed by atoms with E-state index in [4.69, 9.17) is 15.9 Å². The van der Waals surface area contributed by atoms with Crippen LogP contribution < -0.4 is 5.73 Å². The van der Waals surface area contributed by atoms with Gasteiger partial charge in [0.25, 0.3) is 0 Å². The van der Waals surface area contributed by atoms with E-state index in [1.807, 2.05) is 43.3 Å². The topological polar surface area (TPSA) is 101 Å². The average molecular weight is 327 g/mol. The lowest BCUT2D eigenvalue weighted by Crippen LogP contribution is -2.32. The van der Waals surface area contributed by atoms with Crippen LogP contribution in [0.4, 0.5) is 0 Å². The Morgan fingerprint density at radius 2 is 1.62 bits per heavy atom. The monoisotopic (exact) mass is 327 g/mol. The predicted molar refractivity (Wildman–Crippen MR) is 94.0 cm³/mol. The van der Waals surface area contributed by atoms with E-state index in [1.54, 1.807) is 12.1 Å². The fourth-order valence-electron chi connectivity index (χ4n) is 1.85. The third-order valence-electron chi connectivity index (χ3n) is 3.14.